The summed E-state index contributed by atoms with van der Waals surface area (Å²) in [6.07, 6.45) is 3.16. The number of benzene rings is 2. The molecule has 3 rings (SSSR count). The zero-order chi connectivity index (χ0) is 18.5. The SMILES string of the molecule is CN(Cc1ccccc1)C(=O)c1cncc(Nc2c(Cl)cccc2Cl)c1. The molecule has 3 aromatic rings. The van der Waals surface area contributed by atoms with Crippen LogP contribution >= 0.6 is 23.2 Å². The molecule has 2 aromatic carbocycles. The van der Waals surface area contributed by atoms with Crippen LogP contribution in [-0.2, 0) is 6.54 Å². The average molecular weight is 386 g/mol. The van der Waals surface area contributed by atoms with E-state index in [9.17, 15) is 4.79 Å². The van der Waals surface area contributed by atoms with Gasteiger partial charge in [0.05, 0.1) is 33.2 Å². The van der Waals surface area contributed by atoms with Gasteiger partial charge in [-0.05, 0) is 23.8 Å². The molecule has 6 heteroatoms. The maximum absolute atomic E-state index is 12.7. The van der Waals surface area contributed by atoms with Crippen LogP contribution in [0.25, 0.3) is 0 Å². The van der Waals surface area contributed by atoms with Gasteiger partial charge in [0.1, 0.15) is 0 Å². The molecule has 132 valence electrons. The zero-order valence-corrected chi connectivity index (χ0v) is 15.6. The summed E-state index contributed by atoms with van der Waals surface area (Å²) >= 11 is 12.4. The van der Waals surface area contributed by atoms with Gasteiger partial charge in [-0.1, -0.05) is 59.6 Å². The number of nitrogens with zero attached hydrogens (tertiary/aromatic N) is 2. The molecule has 0 atom stereocenters. The average Bonchev–Trinajstić information content (AvgIpc) is 2.65. The first-order chi connectivity index (χ1) is 12.5. The quantitative estimate of drug-likeness (QED) is 0.638. The molecule has 0 spiro atoms. The predicted molar refractivity (Wildman–Crippen MR) is 106 cm³/mol. The molecular formula is C20H17Cl2N3O. The number of nitrogens with one attached hydrogen (secondary N) is 1. The first-order valence-electron chi connectivity index (χ1n) is 8.00. The fourth-order valence-corrected chi connectivity index (χ4v) is 3.03. The highest BCUT2D eigenvalue weighted by molar-refractivity contribution is 6.39. The van der Waals surface area contributed by atoms with Gasteiger partial charge in [0.25, 0.3) is 5.91 Å². The van der Waals surface area contributed by atoms with Crippen molar-refractivity contribution in [1.29, 1.82) is 0 Å². The summed E-state index contributed by atoms with van der Waals surface area (Å²) in [4.78, 5) is 18.5. The van der Waals surface area contributed by atoms with Crippen molar-refractivity contribution in [2.24, 2.45) is 0 Å². The highest BCUT2D eigenvalue weighted by Crippen LogP contribution is 2.32. The lowest BCUT2D eigenvalue weighted by molar-refractivity contribution is 0.0784. The van der Waals surface area contributed by atoms with Gasteiger partial charge < -0.3 is 10.2 Å². The van der Waals surface area contributed by atoms with Crippen molar-refractivity contribution >= 4 is 40.5 Å². The second kappa shape index (κ2) is 8.21. The summed E-state index contributed by atoms with van der Waals surface area (Å²) < 4.78 is 0. The summed E-state index contributed by atoms with van der Waals surface area (Å²) in [7, 11) is 1.76. The molecule has 1 heterocycles. The monoisotopic (exact) mass is 385 g/mol. The second-order valence-corrected chi connectivity index (χ2v) is 6.65. The van der Waals surface area contributed by atoms with Crippen molar-refractivity contribution in [2.75, 3.05) is 12.4 Å². The van der Waals surface area contributed by atoms with Crippen molar-refractivity contribution < 1.29 is 4.79 Å². The van der Waals surface area contributed by atoms with Crippen LogP contribution in [0.4, 0.5) is 11.4 Å². The van der Waals surface area contributed by atoms with Crippen molar-refractivity contribution in [2.45, 2.75) is 6.54 Å². The Hall–Kier alpha value is -2.56. The van der Waals surface area contributed by atoms with Crippen molar-refractivity contribution in [3.8, 4) is 0 Å². The first kappa shape index (κ1) is 18.2. The van der Waals surface area contributed by atoms with Crippen LogP contribution in [0, 0.1) is 0 Å². The Labute approximate surface area is 162 Å². The van der Waals surface area contributed by atoms with Crippen molar-refractivity contribution in [1.82, 2.24) is 9.88 Å². The van der Waals surface area contributed by atoms with E-state index < -0.39 is 0 Å². The number of anilines is 2. The molecule has 0 radical (unpaired) electrons. The molecule has 0 saturated carbocycles. The number of carbonyl (C=O) groups excluding carboxylic acids is 1. The van der Waals surface area contributed by atoms with E-state index in [4.69, 9.17) is 23.2 Å². The number of para-hydroxylation sites is 1. The van der Waals surface area contributed by atoms with Crippen LogP contribution in [0.3, 0.4) is 0 Å². The summed E-state index contributed by atoms with van der Waals surface area (Å²) in [5, 5.41) is 4.12. The van der Waals surface area contributed by atoms with Crippen LogP contribution < -0.4 is 5.32 Å². The van der Waals surface area contributed by atoms with Crippen LogP contribution in [0.5, 0.6) is 0 Å². The molecule has 1 aromatic heterocycles. The number of hydrogen-bond donors (Lipinski definition) is 1. The van der Waals surface area contributed by atoms with Gasteiger partial charge in [0.15, 0.2) is 0 Å². The van der Waals surface area contributed by atoms with Gasteiger partial charge in [-0.3, -0.25) is 9.78 Å². The minimum atomic E-state index is -0.116. The summed E-state index contributed by atoms with van der Waals surface area (Å²) in [5.74, 6) is -0.116. The highest BCUT2D eigenvalue weighted by Gasteiger charge is 2.14. The lowest BCUT2D eigenvalue weighted by Gasteiger charge is -2.18. The number of aromatic nitrogens is 1. The third-order valence-corrected chi connectivity index (χ3v) is 4.46. The van der Waals surface area contributed by atoms with Gasteiger partial charge in [-0.15, -0.1) is 0 Å². The minimum Gasteiger partial charge on any atom is -0.352 e. The number of amides is 1. The lowest BCUT2D eigenvalue weighted by atomic mass is 10.2. The summed E-state index contributed by atoms with van der Waals surface area (Å²) in [5.41, 5.74) is 2.77. The molecule has 0 bridgehead atoms. The molecule has 0 unspecified atom stereocenters. The Morgan fingerprint density at radius 3 is 2.42 bits per heavy atom. The standard InChI is InChI=1S/C20H17Cl2N3O/c1-25(13-14-6-3-2-4-7-14)20(26)15-10-16(12-23-11-15)24-19-17(21)8-5-9-18(19)22/h2-12,24H,13H2,1H3. The molecule has 4 nitrogen and oxygen atoms in total. The van der Waals surface area contributed by atoms with Gasteiger partial charge in [-0.25, -0.2) is 0 Å². The Bertz CT molecular complexity index is 896. The summed E-state index contributed by atoms with van der Waals surface area (Å²) in [6.45, 7) is 0.521. The summed E-state index contributed by atoms with van der Waals surface area (Å²) in [6, 6.07) is 16.8. The van der Waals surface area contributed by atoms with E-state index in [2.05, 4.69) is 10.3 Å². The second-order valence-electron chi connectivity index (χ2n) is 5.83. The molecule has 0 saturated heterocycles. The maximum Gasteiger partial charge on any atom is 0.255 e. The Kier molecular flexibility index (Phi) is 5.76. The van der Waals surface area contributed by atoms with Crippen LogP contribution in [-0.4, -0.2) is 22.8 Å². The van der Waals surface area contributed by atoms with E-state index in [1.807, 2.05) is 30.3 Å². The smallest absolute Gasteiger partial charge is 0.255 e. The van der Waals surface area contributed by atoms with E-state index in [0.29, 0.717) is 33.5 Å². The number of carbonyl (C=O) groups is 1. The minimum absolute atomic E-state index is 0.116. The van der Waals surface area contributed by atoms with Gasteiger partial charge >= 0.3 is 0 Å². The van der Waals surface area contributed by atoms with Gasteiger partial charge in [0.2, 0.25) is 0 Å². The normalized spacial score (nSPS) is 10.4. The molecule has 0 fully saturated rings. The van der Waals surface area contributed by atoms with E-state index >= 15 is 0 Å². The molecule has 26 heavy (non-hydrogen) atoms. The van der Waals surface area contributed by atoms with Crippen molar-refractivity contribution in [3.05, 3.63) is 88.2 Å². The van der Waals surface area contributed by atoms with E-state index in [1.54, 1.807) is 48.6 Å². The predicted octanol–water partition coefficient (Wildman–Crippen LogP) is 5.40. The van der Waals surface area contributed by atoms with Crippen LogP contribution in [0.2, 0.25) is 10.0 Å². The Morgan fingerprint density at radius 1 is 1.04 bits per heavy atom. The third-order valence-electron chi connectivity index (χ3n) is 3.83. The number of pyridine rings is 1. The maximum atomic E-state index is 12.7. The topological polar surface area (TPSA) is 45.2 Å². The third kappa shape index (κ3) is 4.34. The molecule has 0 aliphatic carbocycles. The largest absolute Gasteiger partial charge is 0.352 e. The molecule has 0 aliphatic rings. The fraction of sp³-hybridized carbons (Fsp3) is 0.100. The van der Waals surface area contributed by atoms with Crippen LogP contribution in [0.1, 0.15) is 15.9 Å². The van der Waals surface area contributed by atoms with Gasteiger partial charge in [0, 0.05) is 19.8 Å². The fourth-order valence-electron chi connectivity index (χ4n) is 2.54. The van der Waals surface area contributed by atoms with Crippen LogP contribution in [0.15, 0.2) is 67.0 Å². The highest BCUT2D eigenvalue weighted by atomic mass is 35.5. The Balaban J connectivity index is 1.77. The number of rotatable bonds is 5. The Morgan fingerprint density at radius 2 is 1.73 bits per heavy atom. The molecule has 1 N–H and O–H groups in total. The zero-order valence-electron chi connectivity index (χ0n) is 14.1. The van der Waals surface area contributed by atoms with E-state index in [0.717, 1.165) is 5.56 Å². The van der Waals surface area contributed by atoms with E-state index in [-0.39, 0.29) is 5.91 Å². The number of hydrogen-bond acceptors (Lipinski definition) is 3. The lowest BCUT2D eigenvalue weighted by Crippen LogP contribution is -2.26. The molecule has 0 aliphatic heterocycles. The van der Waals surface area contributed by atoms with Gasteiger partial charge in [-0.2, -0.15) is 0 Å². The molecule has 1 amide bonds. The molecular weight excluding hydrogens is 369 g/mol. The van der Waals surface area contributed by atoms with Crippen molar-refractivity contribution in [3.63, 3.8) is 0 Å². The first-order valence-corrected chi connectivity index (χ1v) is 8.75. The number of halogens is 2. The van der Waals surface area contributed by atoms with E-state index in [1.165, 1.54) is 0 Å².